The smallest absolute Gasteiger partial charge is 0.261 e. The van der Waals surface area contributed by atoms with Gasteiger partial charge in [0.15, 0.2) is 18.1 Å². The summed E-state index contributed by atoms with van der Waals surface area (Å²) in [4.78, 5) is 22.8. The van der Waals surface area contributed by atoms with E-state index in [2.05, 4.69) is 4.90 Å². The summed E-state index contributed by atoms with van der Waals surface area (Å²) in [6.45, 7) is 4.19. The molecule has 0 aliphatic carbocycles. The Labute approximate surface area is 265 Å². The van der Waals surface area contributed by atoms with Crippen molar-refractivity contribution in [3.05, 3.63) is 87.3 Å². The standard InChI is InChI=1S/C32H34Cl2N4O6/c1-41-27-5-3-22(17-28(27)43-15-12-39)31-32-25(35-29-18-23(33)6-8-37(29)32)7-9-38(31)30(40)20-44-26-4-2-21(16-24(26)34)19-36-10-13-42-14-11-36/h2-6,8,16-18,31,39H,7,9-15,19-20H2,1H3. The quantitative estimate of drug-likeness (QED) is 0.272. The number of hydrogen-bond donors (Lipinski definition) is 1. The molecule has 4 heterocycles. The van der Waals surface area contributed by atoms with Crippen molar-refractivity contribution in [2.75, 3.05) is 59.8 Å². The molecule has 1 amide bonds. The zero-order valence-electron chi connectivity index (χ0n) is 24.4. The maximum atomic E-state index is 13.9. The average Bonchev–Trinajstić information content (AvgIpc) is 3.40. The molecule has 10 nitrogen and oxygen atoms in total. The van der Waals surface area contributed by atoms with Crippen LogP contribution < -0.4 is 14.2 Å². The molecule has 0 saturated carbocycles. The molecule has 0 spiro atoms. The van der Waals surface area contributed by atoms with Crippen LogP contribution in [-0.2, 0) is 22.5 Å². The first-order valence-electron chi connectivity index (χ1n) is 14.5. The number of amides is 1. The van der Waals surface area contributed by atoms with E-state index in [1.807, 2.05) is 40.9 Å². The van der Waals surface area contributed by atoms with Crippen LogP contribution in [0.4, 0.5) is 0 Å². The van der Waals surface area contributed by atoms with Crippen molar-refractivity contribution in [3.63, 3.8) is 0 Å². The first-order valence-corrected chi connectivity index (χ1v) is 15.3. The van der Waals surface area contributed by atoms with E-state index in [-0.39, 0.29) is 25.7 Å². The number of ether oxygens (including phenoxy) is 4. The molecule has 12 heteroatoms. The molecule has 2 aliphatic rings. The third-order valence-corrected chi connectivity index (χ3v) is 8.42. The van der Waals surface area contributed by atoms with E-state index in [0.29, 0.717) is 45.9 Å². The Kier molecular flexibility index (Phi) is 9.44. The molecule has 0 radical (unpaired) electrons. The van der Waals surface area contributed by atoms with Gasteiger partial charge in [0.05, 0.1) is 49.4 Å². The van der Waals surface area contributed by atoms with Crippen molar-refractivity contribution in [1.29, 1.82) is 0 Å². The number of carbonyl (C=O) groups excluding carboxylic acids is 1. The lowest BCUT2D eigenvalue weighted by Gasteiger charge is -2.36. The minimum Gasteiger partial charge on any atom is -0.493 e. The first kappa shape index (κ1) is 30.5. The van der Waals surface area contributed by atoms with Crippen LogP contribution >= 0.6 is 23.2 Å². The van der Waals surface area contributed by atoms with Crippen LogP contribution in [0.5, 0.6) is 17.2 Å². The highest BCUT2D eigenvalue weighted by atomic mass is 35.5. The molecule has 1 fully saturated rings. The summed E-state index contributed by atoms with van der Waals surface area (Å²) >= 11 is 12.9. The Morgan fingerprint density at radius 3 is 2.61 bits per heavy atom. The van der Waals surface area contributed by atoms with Crippen LogP contribution in [0.2, 0.25) is 10.0 Å². The SMILES string of the molecule is COc1ccc(C2c3c(nc4cc(Cl)ccn34)CCN2C(=O)COc2ccc(CN3CCOCC3)cc2Cl)cc1OCCO. The number of fused-ring (bicyclic) bond motifs is 3. The lowest BCUT2D eigenvalue weighted by atomic mass is 9.95. The van der Waals surface area contributed by atoms with E-state index >= 15 is 0 Å². The number of aliphatic hydroxyl groups is 1. The molecule has 0 bridgehead atoms. The molecule has 2 aliphatic heterocycles. The minimum atomic E-state index is -0.500. The number of aromatic nitrogens is 2. The second-order valence-electron chi connectivity index (χ2n) is 10.7. The highest BCUT2D eigenvalue weighted by Gasteiger charge is 2.36. The van der Waals surface area contributed by atoms with Crippen LogP contribution in [-0.4, -0.2) is 90.0 Å². The molecule has 6 rings (SSSR count). The maximum Gasteiger partial charge on any atom is 0.261 e. The van der Waals surface area contributed by atoms with Crippen LogP contribution in [0.25, 0.3) is 5.65 Å². The highest BCUT2D eigenvalue weighted by molar-refractivity contribution is 6.32. The van der Waals surface area contributed by atoms with E-state index < -0.39 is 6.04 Å². The van der Waals surface area contributed by atoms with Gasteiger partial charge in [0.2, 0.25) is 0 Å². The van der Waals surface area contributed by atoms with E-state index in [0.717, 1.165) is 55.4 Å². The van der Waals surface area contributed by atoms with Crippen LogP contribution in [0.3, 0.4) is 0 Å². The van der Waals surface area contributed by atoms with Crippen molar-refractivity contribution in [3.8, 4) is 17.2 Å². The summed E-state index contributed by atoms with van der Waals surface area (Å²) in [5, 5.41) is 10.4. The van der Waals surface area contributed by atoms with Crippen molar-refractivity contribution in [1.82, 2.24) is 19.2 Å². The number of aliphatic hydroxyl groups excluding tert-OH is 1. The van der Waals surface area contributed by atoms with Gasteiger partial charge in [0, 0.05) is 49.9 Å². The lowest BCUT2D eigenvalue weighted by Crippen LogP contribution is -2.43. The Morgan fingerprint density at radius 2 is 1.84 bits per heavy atom. The number of hydrogen-bond acceptors (Lipinski definition) is 8. The zero-order chi connectivity index (χ0) is 30.6. The molecule has 1 N–H and O–H groups in total. The minimum absolute atomic E-state index is 0.103. The fourth-order valence-electron chi connectivity index (χ4n) is 5.80. The number of pyridine rings is 1. The topological polar surface area (TPSA) is 98.0 Å². The van der Waals surface area contributed by atoms with Gasteiger partial charge >= 0.3 is 0 Å². The highest BCUT2D eigenvalue weighted by Crippen LogP contribution is 2.40. The van der Waals surface area contributed by atoms with Crippen LogP contribution in [0.1, 0.15) is 28.6 Å². The molecule has 4 aromatic rings. The van der Waals surface area contributed by atoms with Gasteiger partial charge in [0.25, 0.3) is 5.91 Å². The number of carbonyl (C=O) groups is 1. The van der Waals surface area contributed by atoms with Gasteiger partial charge in [-0.05, 0) is 41.5 Å². The predicted octanol–water partition coefficient (Wildman–Crippen LogP) is 4.41. The molecule has 2 aromatic carbocycles. The molecule has 232 valence electrons. The third kappa shape index (κ3) is 6.45. The average molecular weight is 642 g/mol. The largest absolute Gasteiger partial charge is 0.493 e. The third-order valence-electron chi connectivity index (χ3n) is 7.89. The molecule has 44 heavy (non-hydrogen) atoms. The summed E-state index contributed by atoms with van der Waals surface area (Å²) < 4.78 is 24.7. The van der Waals surface area contributed by atoms with E-state index in [1.54, 1.807) is 30.2 Å². The normalized spacial score (nSPS) is 17.0. The van der Waals surface area contributed by atoms with Crippen molar-refractivity contribution >= 4 is 34.8 Å². The summed E-state index contributed by atoms with van der Waals surface area (Å²) in [5.41, 5.74) is 4.32. The monoisotopic (exact) mass is 640 g/mol. The predicted molar refractivity (Wildman–Crippen MR) is 166 cm³/mol. The number of methoxy groups -OCH3 is 1. The molecule has 1 saturated heterocycles. The fraction of sp³-hybridized carbons (Fsp3) is 0.375. The summed E-state index contributed by atoms with van der Waals surface area (Å²) in [5.74, 6) is 1.24. The van der Waals surface area contributed by atoms with Crippen LogP contribution in [0, 0.1) is 0 Å². The van der Waals surface area contributed by atoms with Gasteiger partial charge < -0.3 is 33.4 Å². The fourth-order valence-corrected chi connectivity index (χ4v) is 6.21. The van der Waals surface area contributed by atoms with E-state index in [4.69, 9.17) is 47.1 Å². The number of rotatable bonds is 10. The Bertz CT molecular complexity index is 1640. The summed E-state index contributed by atoms with van der Waals surface area (Å²) in [6, 6.07) is 14.3. The summed E-state index contributed by atoms with van der Waals surface area (Å²) in [7, 11) is 1.56. The Hall–Kier alpha value is -3.54. The van der Waals surface area contributed by atoms with Gasteiger partial charge in [-0.25, -0.2) is 4.98 Å². The van der Waals surface area contributed by atoms with Gasteiger partial charge in [-0.15, -0.1) is 0 Å². The Balaban J connectivity index is 1.27. The van der Waals surface area contributed by atoms with E-state index in [1.165, 1.54) is 0 Å². The molecule has 1 atom stereocenters. The number of halogens is 2. The van der Waals surface area contributed by atoms with Gasteiger partial charge in [-0.3, -0.25) is 9.69 Å². The number of nitrogens with zero attached hydrogens (tertiary/aromatic N) is 4. The van der Waals surface area contributed by atoms with E-state index in [9.17, 15) is 9.90 Å². The van der Waals surface area contributed by atoms with Crippen molar-refractivity contribution in [2.24, 2.45) is 0 Å². The second kappa shape index (κ2) is 13.6. The van der Waals surface area contributed by atoms with Crippen LogP contribution in [0.15, 0.2) is 54.7 Å². The molecule has 1 unspecified atom stereocenters. The van der Waals surface area contributed by atoms with Gasteiger partial charge in [0.1, 0.15) is 18.0 Å². The van der Waals surface area contributed by atoms with Gasteiger partial charge in [-0.2, -0.15) is 0 Å². The maximum absolute atomic E-state index is 13.9. The zero-order valence-corrected chi connectivity index (χ0v) is 25.9. The molecule has 2 aromatic heterocycles. The lowest BCUT2D eigenvalue weighted by molar-refractivity contribution is -0.135. The number of benzene rings is 2. The number of imidazole rings is 1. The Morgan fingerprint density at radius 1 is 1.02 bits per heavy atom. The second-order valence-corrected chi connectivity index (χ2v) is 11.5. The van der Waals surface area contributed by atoms with Crippen molar-refractivity contribution < 1.29 is 28.8 Å². The molecular formula is C32H34Cl2N4O6. The first-order chi connectivity index (χ1) is 21.4. The van der Waals surface area contributed by atoms with Gasteiger partial charge in [-0.1, -0.05) is 35.3 Å². The summed E-state index contributed by atoms with van der Waals surface area (Å²) in [6.07, 6.45) is 2.43. The number of morpholine rings is 1. The van der Waals surface area contributed by atoms with Crippen molar-refractivity contribution in [2.45, 2.75) is 19.0 Å². The molecular weight excluding hydrogens is 607 g/mol.